The maximum atomic E-state index is 2.44. The molecule has 0 radical (unpaired) electrons. The van der Waals surface area contributed by atoms with Crippen molar-refractivity contribution in [3.63, 3.8) is 0 Å². The molecule has 0 amide bonds. The molecule has 4 aromatic carbocycles. The second-order valence-corrected chi connectivity index (χ2v) is 12.8. The van der Waals surface area contributed by atoms with E-state index in [9.17, 15) is 0 Å². The summed E-state index contributed by atoms with van der Waals surface area (Å²) in [5.74, 6) is 1.49. The minimum atomic E-state index is 0.747. The summed E-state index contributed by atoms with van der Waals surface area (Å²) in [4.78, 5) is 0. The Bertz CT molecular complexity index is 1530. The highest BCUT2D eigenvalue weighted by Crippen LogP contribution is 2.44. The molecule has 0 nitrogen and oxygen atoms in total. The first kappa shape index (κ1) is 22.1. The van der Waals surface area contributed by atoms with Crippen LogP contribution in [0, 0.1) is 11.8 Å². The topological polar surface area (TPSA) is 0 Å². The molecule has 0 saturated heterocycles. The van der Waals surface area contributed by atoms with E-state index in [0.717, 1.165) is 11.8 Å². The van der Waals surface area contributed by atoms with E-state index in [1.807, 2.05) is 22.7 Å². The molecule has 2 heteroatoms. The van der Waals surface area contributed by atoms with Crippen molar-refractivity contribution in [2.24, 2.45) is 11.8 Å². The Morgan fingerprint density at radius 2 is 0.853 bits per heavy atom. The molecule has 172 valence electrons. The van der Waals surface area contributed by atoms with Gasteiger partial charge in [0, 0.05) is 51.1 Å². The van der Waals surface area contributed by atoms with Crippen LogP contribution in [0.3, 0.4) is 0 Å². The third kappa shape index (κ3) is 3.82. The summed E-state index contributed by atoms with van der Waals surface area (Å²) in [5, 5.41) is 8.42. The van der Waals surface area contributed by atoms with Crippen molar-refractivity contribution in [2.75, 3.05) is 0 Å². The largest absolute Gasteiger partial charge is 0.135 e. The fourth-order valence-corrected chi connectivity index (χ4v) is 7.77. The van der Waals surface area contributed by atoms with E-state index in [4.69, 9.17) is 0 Å². The quantitative estimate of drug-likeness (QED) is 0.222. The van der Waals surface area contributed by atoms with Gasteiger partial charge < -0.3 is 0 Å². The fourth-order valence-electron chi connectivity index (χ4n) is 5.18. The van der Waals surface area contributed by atoms with Gasteiger partial charge in [-0.2, -0.15) is 0 Å². The normalized spacial score (nSPS) is 12.5. The Morgan fingerprint density at radius 3 is 1.24 bits per heavy atom. The minimum Gasteiger partial charge on any atom is -0.135 e. The number of thiophene rings is 2. The highest BCUT2D eigenvalue weighted by molar-refractivity contribution is 7.28. The molecule has 0 spiro atoms. The van der Waals surface area contributed by atoms with Gasteiger partial charge in [0.1, 0.15) is 0 Å². The Labute approximate surface area is 210 Å². The number of hydrogen-bond acceptors (Lipinski definition) is 2. The van der Waals surface area contributed by atoms with E-state index in [-0.39, 0.29) is 0 Å². The minimum absolute atomic E-state index is 0.747. The zero-order chi connectivity index (χ0) is 23.4. The molecule has 0 saturated carbocycles. The van der Waals surface area contributed by atoms with Crippen LogP contribution in [0.2, 0.25) is 0 Å². The van der Waals surface area contributed by atoms with Gasteiger partial charge in [0.2, 0.25) is 0 Å². The summed E-state index contributed by atoms with van der Waals surface area (Å²) in [6.45, 7) is 9.24. The molecule has 0 unspecified atom stereocenters. The van der Waals surface area contributed by atoms with E-state index in [1.165, 1.54) is 87.9 Å². The zero-order valence-corrected chi connectivity index (χ0v) is 22.2. The van der Waals surface area contributed by atoms with Gasteiger partial charge in [0.05, 0.1) is 0 Å². The molecule has 0 bridgehead atoms. The Morgan fingerprint density at radius 1 is 0.500 bits per heavy atom. The number of fused-ring (bicyclic) bond motifs is 9. The van der Waals surface area contributed by atoms with Gasteiger partial charge >= 0.3 is 0 Å². The third-order valence-corrected chi connectivity index (χ3v) is 9.62. The van der Waals surface area contributed by atoms with E-state index >= 15 is 0 Å². The van der Waals surface area contributed by atoms with Crippen LogP contribution in [-0.2, 0) is 12.8 Å². The van der Waals surface area contributed by atoms with Crippen LogP contribution in [0.15, 0.2) is 60.7 Å². The number of rotatable bonds is 6. The van der Waals surface area contributed by atoms with Crippen molar-refractivity contribution in [3.8, 4) is 0 Å². The average molecular weight is 481 g/mol. The molecule has 34 heavy (non-hydrogen) atoms. The Balaban J connectivity index is 1.49. The lowest BCUT2D eigenvalue weighted by Crippen LogP contribution is -1.91. The van der Waals surface area contributed by atoms with Gasteiger partial charge in [-0.3, -0.25) is 0 Å². The molecule has 6 rings (SSSR count). The monoisotopic (exact) mass is 480 g/mol. The predicted molar refractivity (Wildman–Crippen MR) is 156 cm³/mol. The van der Waals surface area contributed by atoms with Gasteiger partial charge in [-0.15, -0.1) is 22.7 Å². The summed E-state index contributed by atoms with van der Waals surface area (Å²) in [6, 6.07) is 23.7. The fraction of sp³-hybridized carbons (Fsp3) is 0.312. The van der Waals surface area contributed by atoms with Gasteiger partial charge in [-0.25, -0.2) is 0 Å². The van der Waals surface area contributed by atoms with Crippen LogP contribution in [0.1, 0.15) is 51.7 Å². The molecule has 6 aromatic rings. The van der Waals surface area contributed by atoms with E-state index < -0.39 is 0 Å². The average Bonchev–Trinajstić information content (AvgIpc) is 3.38. The maximum absolute atomic E-state index is 2.44. The number of hydrogen-bond donors (Lipinski definition) is 0. The molecule has 0 atom stereocenters. The van der Waals surface area contributed by atoms with E-state index in [2.05, 4.69) is 88.4 Å². The Kier molecular flexibility index (Phi) is 5.62. The summed E-state index contributed by atoms with van der Waals surface area (Å²) in [5.41, 5.74) is 2.94. The van der Waals surface area contributed by atoms with Crippen molar-refractivity contribution < 1.29 is 0 Å². The molecule has 0 aliphatic carbocycles. The number of benzene rings is 4. The predicted octanol–water partition coefficient (Wildman–Crippen LogP) is 10.8. The third-order valence-electron chi connectivity index (χ3n) is 7.22. The molecule has 0 aliphatic rings. The van der Waals surface area contributed by atoms with Gasteiger partial charge in [0.25, 0.3) is 0 Å². The lowest BCUT2D eigenvalue weighted by molar-refractivity contribution is 0.587. The second kappa shape index (κ2) is 8.66. The summed E-state index contributed by atoms with van der Waals surface area (Å²) < 4.78 is 5.72. The van der Waals surface area contributed by atoms with E-state index in [0.29, 0.717) is 0 Å². The van der Waals surface area contributed by atoms with Crippen molar-refractivity contribution in [1.82, 2.24) is 0 Å². The molecule has 0 fully saturated rings. The van der Waals surface area contributed by atoms with Crippen molar-refractivity contribution >= 4 is 73.8 Å². The molecule has 0 N–H and O–H groups in total. The summed E-state index contributed by atoms with van der Waals surface area (Å²) in [6.07, 6.45) is 4.85. The highest BCUT2D eigenvalue weighted by atomic mass is 32.1. The van der Waals surface area contributed by atoms with Crippen molar-refractivity contribution in [1.29, 1.82) is 0 Å². The molecular formula is C32H32S2. The molecular weight excluding hydrogens is 448 g/mol. The standard InChI is InChI=1S/C32H32S2/c1-19(2)5-7-21-9-11-23-25-13-15-28-27(31(25)33-29(23)17-21)16-14-26-24-12-10-22(8-6-20(3)4)18-30(24)34-32(26)28/h9-20H,5-8H2,1-4H3. The maximum Gasteiger partial charge on any atom is 0.0434 e. The lowest BCUT2D eigenvalue weighted by atomic mass is 10.00. The van der Waals surface area contributed by atoms with Gasteiger partial charge in [-0.05, 0) is 60.8 Å². The summed E-state index contributed by atoms with van der Waals surface area (Å²) >= 11 is 3.94. The first-order valence-corrected chi connectivity index (χ1v) is 14.3. The molecule has 2 aromatic heterocycles. The first-order chi connectivity index (χ1) is 16.5. The molecule has 0 aliphatic heterocycles. The Hall–Kier alpha value is -2.42. The van der Waals surface area contributed by atoms with Gasteiger partial charge in [0.15, 0.2) is 0 Å². The van der Waals surface area contributed by atoms with Gasteiger partial charge in [-0.1, -0.05) is 76.2 Å². The van der Waals surface area contributed by atoms with Crippen LogP contribution in [-0.4, -0.2) is 0 Å². The van der Waals surface area contributed by atoms with Crippen molar-refractivity contribution in [3.05, 3.63) is 71.8 Å². The van der Waals surface area contributed by atoms with Crippen LogP contribution in [0.5, 0.6) is 0 Å². The number of aryl methyl sites for hydroxylation is 2. The highest BCUT2D eigenvalue weighted by Gasteiger charge is 2.14. The SMILES string of the molecule is CC(C)CCc1ccc2c(c1)sc1c2ccc2c1ccc1c3ccc(CCC(C)C)cc3sc12. The zero-order valence-electron chi connectivity index (χ0n) is 20.6. The van der Waals surface area contributed by atoms with Crippen LogP contribution in [0.25, 0.3) is 51.1 Å². The smallest absolute Gasteiger partial charge is 0.0434 e. The lowest BCUT2D eigenvalue weighted by Gasteiger charge is -2.04. The van der Waals surface area contributed by atoms with Crippen LogP contribution in [0.4, 0.5) is 0 Å². The summed E-state index contributed by atoms with van der Waals surface area (Å²) in [7, 11) is 0. The second-order valence-electron chi connectivity index (χ2n) is 10.7. The van der Waals surface area contributed by atoms with Crippen LogP contribution < -0.4 is 0 Å². The first-order valence-electron chi connectivity index (χ1n) is 12.7. The van der Waals surface area contributed by atoms with E-state index in [1.54, 1.807) is 0 Å². The van der Waals surface area contributed by atoms with Crippen molar-refractivity contribution in [2.45, 2.75) is 53.4 Å². The van der Waals surface area contributed by atoms with Crippen LogP contribution >= 0.6 is 22.7 Å². The molecule has 2 heterocycles.